The van der Waals surface area contributed by atoms with Gasteiger partial charge < -0.3 is 79.7 Å². The van der Waals surface area contributed by atoms with Crippen molar-refractivity contribution in [3.8, 4) is 0 Å². The molecule has 1 heterocycles. The molecule has 2 rings (SSSR count). The Bertz CT molecular complexity index is 2740. The number of benzene rings is 1. The van der Waals surface area contributed by atoms with E-state index in [1.165, 1.54) is 4.90 Å². The Hall–Kier alpha value is -9.06. The lowest BCUT2D eigenvalue weighted by Crippen LogP contribution is -2.61. The summed E-state index contributed by atoms with van der Waals surface area (Å²) in [5, 5.41) is 43.0. The van der Waals surface area contributed by atoms with Gasteiger partial charge in [-0.3, -0.25) is 76.7 Å². The molecule has 0 radical (unpaired) electrons. The first kappa shape index (κ1) is 76.0. The number of carbonyl (C=O) groups is 16. The van der Waals surface area contributed by atoms with Crippen molar-refractivity contribution in [1.29, 1.82) is 0 Å². The Morgan fingerprint density at radius 1 is 0.551 bits per heavy atom. The predicted molar refractivity (Wildman–Crippen MR) is 317 cm³/mol. The number of rotatable bonds is 39. The van der Waals surface area contributed by atoms with Crippen molar-refractivity contribution in [3.63, 3.8) is 0 Å². The Morgan fingerprint density at radius 2 is 1.02 bits per heavy atom. The molecule has 1 aliphatic rings. The molecule has 0 saturated carbocycles. The second-order valence-corrected chi connectivity index (χ2v) is 22.4. The number of carboxylic acid groups (broad SMARTS) is 2. The van der Waals surface area contributed by atoms with Crippen molar-refractivity contribution < 1.29 is 86.9 Å². The van der Waals surface area contributed by atoms with Crippen LogP contribution in [-0.4, -0.2) is 183 Å². The number of carboxylic acids is 2. The molecule has 31 heteroatoms. The van der Waals surface area contributed by atoms with Crippen LogP contribution in [0, 0.1) is 18.8 Å². The molecule has 1 saturated heterocycles. The third-order valence-corrected chi connectivity index (χ3v) is 14.4. The van der Waals surface area contributed by atoms with Gasteiger partial charge in [0.2, 0.25) is 76.7 Å². The van der Waals surface area contributed by atoms with Crippen LogP contribution in [0.15, 0.2) is 24.3 Å². The fraction of sp³-hybridized carbons (Fsp3) is 0.621. The molecule has 0 spiro atoms. The number of hydrogen-bond donors (Lipinski definition) is 14. The van der Waals surface area contributed by atoms with E-state index in [-0.39, 0.29) is 57.9 Å². The zero-order valence-electron chi connectivity index (χ0n) is 51.9. The van der Waals surface area contributed by atoms with Crippen LogP contribution in [0.5, 0.6) is 0 Å². The number of nitrogens with zero attached hydrogens (tertiary/aromatic N) is 1. The molecule has 494 valence electrons. The summed E-state index contributed by atoms with van der Waals surface area (Å²) in [6.45, 7) is 13.2. The van der Waals surface area contributed by atoms with E-state index in [0.717, 1.165) is 12.5 Å². The largest absolute Gasteiger partial charge is 0.481 e. The number of carbonyl (C=O) groups excluding carboxylic acids is 14. The molecule has 0 unspecified atom stereocenters. The lowest BCUT2D eigenvalue weighted by Gasteiger charge is -2.33. The lowest BCUT2D eigenvalue weighted by atomic mass is 9.98. The molecule has 1 aromatic carbocycles. The van der Waals surface area contributed by atoms with E-state index >= 15 is 0 Å². The van der Waals surface area contributed by atoms with E-state index in [9.17, 15) is 81.8 Å². The maximum absolute atomic E-state index is 14.4. The van der Waals surface area contributed by atoms with Crippen molar-refractivity contribution in [2.24, 2.45) is 23.3 Å². The smallest absolute Gasteiger partial charge is 0.303 e. The number of aryl methyl sites for hydroxylation is 1. The van der Waals surface area contributed by atoms with Gasteiger partial charge in [-0.15, -0.1) is 0 Å². The summed E-state index contributed by atoms with van der Waals surface area (Å²) in [6, 6.07) is -6.46. The van der Waals surface area contributed by atoms with E-state index in [1.54, 1.807) is 72.7 Å². The van der Waals surface area contributed by atoms with Gasteiger partial charge >= 0.3 is 11.9 Å². The molecule has 1 fully saturated rings. The predicted octanol–water partition coefficient (Wildman–Crippen LogP) is -2.99. The highest BCUT2D eigenvalue weighted by atomic mass is 16.4. The molecule has 31 nitrogen and oxygen atoms in total. The van der Waals surface area contributed by atoms with Crippen LogP contribution in [0.25, 0.3) is 0 Å². The molecular formula is C58H89N13O18. The molecule has 1 aliphatic heterocycles. The molecule has 0 aromatic heterocycles. The van der Waals surface area contributed by atoms with Crippen LogP contribution >= 0.6 is 0 Å². The van der Waals surface area contributed by atoms with E-state index < -0.39 is 199 Å². The number of ketones is 1. The number of aliphatic carboxylic acids is 2. The molecule has 13 amide bonds. The number of Topliss-reactive ketones (excluding diaryl/α,β-unsaturated/α-hetero) is 1. The number of amides is 13. The van der Waals surface area contributed by atoms with Gasteiger partial charge in [0.05, 0.1) is 12.6 Å². The van der Waals surface area contributed by atoms with Crippen molar-refractivity contribution in [2.45, 2.75) is 206 Å². The summed E-state index contributed by atoms with van der Waals surface area (Å²) in [4.78, 5) is 210. The quantitative estimate of drug-likeness (QED) is 0.0292. The lowest BCUT2D eigenvalue weighted by molar-refractivity contribution is -0.144. The molecule has 0 bridgehead atoms. The Kier molecular flexibility index (Phi) is 32.1. The van der Waals surface area contributed by atoms with Gasteiger partial charge in [0.15, 0.2) is 0 Å². The van der Waals surface area contributed by atoms with Crippen LogP contribution in [0.4, 0.5) is 0 Å². The monoisotopic (exact) mass is 1260 g/mol. The average Bonchev–Trinajstić information content (AvgIpc) is 2.17. The molecular weight excluding hydrogens is 1170 g/mol. The SMILES string of the molecule is CCC[C@H](NC(=O)[C@@H]1CCCN1C(=O)[C@@H](NC(=O)[C@@H](NC(=O)[C@H](CCC(=O)O)NC(=O)[C@H](CCC(=O)O)NC(C)=O)C(C)C)C(C)C)C(=O)C(=O)NCC(=O)N[C@@H](CCC(N)=O)C(=O)N[C@H](CC)C(=O)N[C@@H](Cc1ccc(C)cc1)C(=O)N[C@@H](CC)C(N)=O. The van der Waals surface area contributed by atoms with Gasteiger partial charge in [0.1, 0.15) is 54.4 Å². The van der Waals surface area contributed by atoms with Crippen molar-refractivity contribution in [3.05, 3.63) is 35.4 Å². The van der Waals surface area contributed by atoms with Crippen LogP contribution in [0.2, 0.25) is 0 Å². The number of nitrogens with two attached hydrogens (primary N) is 2. The molecule has 16 N–H and O–H groups in total. The second-order valence-electron chi connectivity index (χ2n) is 22.4. The standard InChI is InChI=1S/C58H89N13O18/c1-10-14-36(48(79)57(88)61-28-43(74)63-38(20-23-42(59)73)52(83)65-35(12-3)50(81)68-40(27-33-18-16-31(8)17-19-33)54(85)64-34(11-2)49(60)80)66-55(86)41-15-13-26-71(41)58(89)47(30(6)7)70-56(87)46(29(4)5)69-53(84)39(22-25-45(77)78)67-51(82)37(62-32(9)72)21-24-44(75)76/h16-19,29-30,34-41,46-47H,10-15,20-28H2,1-9H3,(H2,59,73)(H2,60,80)(H,61,88)(H,62,72)(H,63,74)(H,64,85)(H,65,83)(H,66,86)(H,67,82)(H,68,81)(H,69,84)(H,70,87)(H,75,76)(H,77,78)/t34-,35+,36-,37-,38-,39-,40-,41-,46-,47-/m0/s1. The third-order valence-electron chi connectivity index (χ3n) is 14.4. The van der Waals surface area contributed by atoms with Crippen LogP contribution < -0.4 is 64.6 Å². The fourth-order valence-corrected chi connectivity index (χ4v) is 9.36. The second kappa shape index (κ2) is 37.6. The number of hydrogen-bond acceptors (Lipinski definition) is 16. The number of nitrogens with one attached hydrogen (secondary N) is 10. The maximum Gasteiger partial charge on any atom is 0.303 e. The topological polar surface area (TPSA) is 489 Å². The Balaban J connectivity index is 2.23. The normalized spacial score (nSPS) is 15.8. The van der Waals surface area contributed by atoms with E-state index in [1.807, 2.05) is 6.92 Å². The minimum Gasteiger partial charge on any atom is -0.481 e. The summed E-state index contributed by atoms with van der Waals surface area (Å²) in [5.41, 5.74) is 12.4. The summed E-state index contributed by atoms with van der Waals surface area (Å²) < 4.78 is 0. The highest BCUT2D eigenvalue weighted by Crippen LogP contribution is 2.22. The zero-order valence-corrected chi connectivity index (χ0v) is 51.9. The van der Waals surface area contributed by atoms with E-state index in [0.29, 0.717) is 12.0 Å². The van der Waals surface area contributed by atoms with E-state index in [2.05, 4.69) is 53.2 Å². The fourth-order valence-electron chi connectivity index (χ4n) is 9.36. The van der Waals surface area contributed by atoms with Crippen LogP contribution in [-0.2, 0) is 83.1 Å². The van der Waals surface area contributed by atoms with Gasteiger partial charge in [-0.05, 0) is 75.7 Å². The summed E-state index contributed by atoms with van der Waals surface area (Å²) in [5.74, 6) is -16.7. The van der Waals surface area contributed by atoms with Gasteiger partial charge in [0, 0.05) is 39.2 Å². The summed E-state index contributed by atoms with van der Waals surface area (Å²) >= 11 is 0. The van der Waals surface area contributed by atoms with Crippen molar-refractivity contribution in [1.82, 2.24) is 58.1 Å². The molecule has 89 heavy (non-hydrogen) atoms. The van der Waals surface area contributed by atoms with E-state index in [4.69, 9.17) is 16.6 Å². The number of primary amides is 2. The van der Waals surface area contributed by atoms with Gasteiger partial charge in [-0.1, -0.05) is 84.7 Å². The minimum atomic E-state index is -1.59. The third kappa shape index (κ3) is 26.0. The number of likely N-dealkylation sites (tertiary alicyclic amines) is 1. The maximum atomic E-state index is 14.4. The van der Waals surface area contributed by atoms with Gasteiger partial charge in [0.25, 0.3) is 5.91 Å². The van der Waals surface area contributed by atoms with Crippen molar-refractivity contribution >= 4 is 94.5 Å². The first-order valence-corrected chi connectivity index (χ1v) is 29.6. The highest BCUT2D eigenvalue weighted by molar-refractivity contribution is 6.38. The van der Waals surface area contributed by atoms with Crippen LogP contribution in [0.3, 0.4) is 0 Å². The first-order valence-electron chi connectivity index (χ1n) is 29.6. The average molecular weight is 1260 g/mol. The summed E-state index contributed by atoms with van der Waals surface area (Å²) in [6.07, 6.45) is -2.14. The van der Waals surface area contributed by atoms with Gasteiger partial charge in [-0.2, -0.15) is 0 Å². The van der Waals surface area contributed by atoms with Crippen molar-refractivity contribution in [2.75, 3.05) is 13.1 Å². The van der Waals surface area contributed by atoms with Gasteiger partial charge in [-0.25, -0.2) is 0 Å². The molecule has 1 aromatic rings. The zero-order chi connectivity index (χ0) is 67.4. The summed E-state index contributed by atoms with van der Waals surface area (Å²) in [7, 11) is 0. The van der Waals surface area contributed by atoms with Crippen LogP contribution in [0.1, 0.15) is 144 Å². The Morgan fingerprint density at radius 3 is 1.53 bits per heavy atom. The molecule has 10 atom stereocenters. The minimum absolute atomic E-state index is 0.0203. The first-order chi connectivity index (χ1) is 41.7. The Labute approximate surface area is 516 Å². The highest BCUT2D eigenvalue weighted by Gasteiger charge is 2.42. The molecule has 0 aliphatic carbocycles.